The number of methoxy groups -OCH3 is 1. The second-order valence-corrected chi connectivity index (χ2v) is 9.14. The Kier molecular flexibility index (Phi) is 7.28. The summed E-state index contributed by atoms with van der Waals surface area (Å²) in [6, 6.07) is 13.3. The molecule has 1 aliphatic heterocycles. The van der Waals surface area contributed by atoms with Crippen LogP contribution in [0.4, 0.5) is 10.1 Å². The van der Waals surface area contributed by atoms with Crippen LogP contribution in [0.25, 0.3) is 0 Å². The van der Waals surface area contributed by atoms with E-state index in [1.54, 1.807) is 43.5 Å². The Morgan fingerprint density at radius 1 is 1.03 bits per heavy atom. The van der Waals surface area contributed by atoms with E-state index in [1.165, 1.54) is 16.4 Å². The van der Waals surface area contributed by atoms with Crippen LogP contribution in [0.2, 0.25) is 0 Å². The SMILES string of the molecule is COc1ccc(CC(=O)NCCS(=O)(=O)N2CCN(c3ccc(F)cc3)CC2)cc1. The van der Waals surface area contributed by atoms with Crippen LogP contribution in [0.15, 0.2) is 48.5 Å². The molecule has 0 atom stereocenters. The molecule has 0 unspecified atom stereocenters. The van der Waals surface area contributed by atoms with Crippen LogP contribution in [0.5, 0.6) is 5.75 Å². The summed E-state index contributed by atoms with van der Waals surface area (Å²) in [5.41, 5.74) is 1.70. The lowest BCUT2D eigenvalue weighted by Crippen LogP contribution is -2.50. The summed E-state index contributed by atoms with van der Waals surface area (Å²) in [7, 11) is -1.88. The van der Waals surface area contributed by atoms with E-state index >= 15 is 0 Å². The highest BCUT2D eigenvalue weighted by molar-refractivity contribution is 7.89. The number of piperazine rings is 1. The van der Waals surface area contributed by atoms with Gasteiger partial charge < -0.3 is 15.0 Å². The minimum atomic E-state index is -3.46. The number of carbonyl (C=O) groups is 1. The number of ether oxygens (including phenoxy) is 1. The molecule has 3 rings (SSSR count). The van der Waals surface area contributed by atoms with Gasteiger partial charge in [-0.25, -0.2) is 12.8 Å². The molecule has 2 aromatic carbocycles. The predicted octanol–water partition coefficient (Wildman–Crippen LogP) is 1.64. The Balaban J connectivity index is 1.42. The third-order valence-electron chi connectivity index (χ3n) is 5.03. The molecule has 1 heterocycles. The molecule has 1 fully saturated rings. The molecule has 30 heavy (non-hydrogen) atoms. The molecule has 1 amide bonds. The predicted molar refractivity (Wildman–Crippen MR) is 114 cm³/mol. The highest BCUT2D eigenvalue weighted by Gasteiger charge is 2.26. The second kappa shape index (κ2) is 9.90. The Hall–Kier alpha value is -2.65. The molecular formula is C21H26FN3O4S. The van der Waals surface area contributed by atoms with E-state index in [-0.39, 0.29) is 30.4 Å². The molecule has 0 aliphatic carbocycles. The normalized spacial score (nSPS) is 15.1. The van der Waals surface area contributed by atoms with Crippen molar-refractivity contribution >= 4 is 21.6 Å². The minimum Gasteiger partial charge on any atom is -0.497 e. The summed E-state index contributed by atoms with van der Waals surface area (Å²) in [6.07, 6.45) is 0.181. The number of carbonyl (C=O) groups excluding carboxylic acids is 1. The Morgan fingerprint density at radius 3 is 2.27 bits per heavy atom. The van der Waals surface area contributed by atoms with Gasteiger partial charge in [-0.15, -0.1) is 0 Å². The first-order valence-electron chi connectivity index (χ1n) is 9.75. The number of rotatable bonds is 8. The van der Waals surface area contributed by atoms with Crippen molar-refractivity contribution in [3.63, 3.8) is 0 Å². The van der Waals surface area contributed by atoms with Crippen molar-refractivity contribution in [3.05, 3.63) is 59.9 Å². The van der Waals surface area contributed by atoms with Gasteiger partial charge in [-0.2, -0.15) is 4.31 Å². The van der Waals surface area contributed by atoms with E-state index < -0.39 is 10.0 Å². The third kappa shape index (κ3) is 5.93. The lowest BCUT2D eigenvalue weighted by molar-refractivity contribution is -0.120. The van der Waals surface area contributed by atoms with Crippen molar-refractivity contribution in [1.82, 2.24) is 9.62 Å². The van der Waals surface area contributed by atoms with Crippen LogP contribution >= 0.6 is 0 Å². The van der Waals surface area contributed by atoms with Crippen LogP contribution in [0, 0.1) is 5.82 Å². The zero-order valence-corrected chi connectivity index (χ0v) is 17.7. The topological polar surface area (TPSA) is 78.9 Å². The van der Waals surface area contributed by atoms with Gasteiger partial charge >= 0.3 is 0 Å². The van der Waals surface area contributed by atoms with Crippen molar-refractivity contribution in [2.75, 3.05) is 50.5 Å². The fourth-order valence-electron chi connectivity index (χ4n) is 3.32. The van der Waals surface area contributed by atoms with E-state index in [0.29, 0.717) is 31.9 Å². The zero-order chi connectivity index (χ0) is 21.6. The van der Waals surface area contributed by atoms with Gasteiger partial charge in [-0.1, -0.05) is 12.1 Å². The molecule has 0 bridgehead atoms. The number of halogens is 1. The van der Waals surface area contributed by atoms with Gasteiger partial charge in [-0.3, -0.25) is 4.79 Å². The molecule has 2 aromatic rings. The van der Waals surface area contributed by atoms with E-state index in [0.717, 1.165) is 11.3 Å². The van der Waals surface area contributed by atoms with Crippen LogP contribution in [-0.4, -0.2) is 64.2 Å². The zero-order valence-electron chi connectivity index (χ0n) is 16.9. The van der Waals surface area contributed by atoms with Crippen molar-refractivity contribution in [1.29, 1.82) is 0 Å². The first-order chi connectivity index (χ1) is 14.4. The van der Waals surface area contributed by atoms with Gasteiger partial charge in [0, 0.05) is 38.4 Å². The fraction of sp³-hybridized carbons (Fsp3) is 0.381. The largest absolute Gasteiger partial charge is 0.497 e. The van der Waals surface area contributed by atoms with E-state index in [2.05, 4.69) is 5.32 Å². The summed E-state index contributed by atoms with van der Waals surface area (Å²) in [4.78, 5) is 14.1. The highest BCUT2D eigenvalue weighted by atomic mass is 32.2. The summed E-state index contributed by atoms with van der Waals surface area (Å²) in [5, 5.41) is 2.67. The number of benzene rings is 2. The molecular weight excluding hydrogens is 409 g/mol. The molecule has 1 saturated heterocycles. The Bertz CT molecular complexity index is 941. The molecule has 1 N–H and O–H groups in total. The van der Waals surface area contributed by atoms with E-state index in [9.17, 15) is 17.6 Å². The summed E-state index contributed by atoms with van der Waals surface area (Å²) >= 11 is 0. The maximum atomic E-state index is 13.1. The lowest BCUT2D eigenvalue weighted by Gasteiger charge is -2.35. The highest BCUT2D eigenvalue weighted by Crippen LogP contribution is 2.18. The number of nitrogens with one attached hydrogen (secondary N) is 1. The molecule has 7 nitrogen and oxygen atoms in total. The first-order valence-corrected chi connectivity index (χ1v) is 11.4. The molecule has 0 saturated carbocycles. The standard InChI is InChI=1S/C21H26FN3O4S/c1-29-20-8-2-17(3-9-20)16-21(26)23-10-15-30(27,28)25-13-11-24(12-14-25)19-6-4-18(22)5-7-19/h2-9H,10-16H2,1H3,(H,23,26). The molecule has 1 aliphatic rings. The molecule has 9 heteroatoms. The third-order valence-corrected chi connectivity index (χ3v) is 6.90. The summed E-state index contributed by atoms with van der Waals surface area (Å²) in [5.74, 6) is 0.0491. The second-order valence-electron chi connectivity index (χ2n) is 7.05. The quantitative estimate of drug-likeness (QED) is 0.682. The number of anilines is 1. The van der Waals surface area contributed by atoms with Gasteiger partial charge in [0.2, 0.25) is 15.9 Å². The number of nitrogens with zero attached hydrogens (tertiary/aromatic N) is 2. The smallest absolute Gasteiger partial charge is 0.224 e. The van der Waals surface area contributed by atoms with Crippen LogP contribution in [-0.2, 0) is 21.2 Å². The van der Waals surface area contributed by atoms with Crippen LogP contribution in [0.3, 0.4) is 0 Å². The van der Waals surface area contributed by atoms with E-state index in [4.69, 9.17) is 4.74 Å². The molecule has 162 valence electrons. The van der Waals surface area contributed by atoms with Gasteiger partial charge in [0.1, 0.15) is 11.6 Å². The Morgan fingerprint density at radius 2 is 1.67 bits per heavy atom. The molecule has 0 aromatic heterocycles. The minimum absolute atomic E-state index is 0.0650. The number of hydrogen-bond acceptors (Lipinski definition) is 5. The van der Waals surface area contributed by atoms with Crippen molar-refractivity contribution in [3.8, 4) is 5.75 Å². The van der Waals surface area contributed by atoms with Gasteiger partial charge in [0.05, 0.1) is 19.3 Å². The maximum Gasteiger partial charge on any atom is 0.224 e. The number of hydrogen-bond donors (Lipinski definition) is 1. The van der Waals surface area contributed by atoms with Crippen molar-refractivity contribution < 1.29 is 22.3 Å². The average Bonchev–Trinajstić information content (AvgIpc) is 2.75. The summed E-state index contributed by atoms with van der Waals surface area (Å²) in [6.45, 7) is 1.86. The average molecular weight is 436 g/mol. The number of sulfonamides is 1. The maximum absolute atomic E-state index is 13.1. The lowest BCUT2D eigenvalue weighted by atomic mass is 10.1. The fourth-order valence-corrected chi connectivity index (χ4v) is 4.65. The van der Waals surface area contributed by atoms with Gasteiger partial charge in [0.25, 0.3) is 0 Å². The van der Waals surface area contributed by atoms with Gasteiger partial charge in [0.15, 0.2) is 0 Å². The van der Waals surface area contributed by atoms with E-state index in [1.807, 2.05) is 4.90 Å². The first kappa shape index (κ1) is 22.0. The Labute approximate surface area is 176 Å². The van der Waals surface area contributed by atoms with Crippen LogP contribution in [0.1, 0.15) is 5.56 Å². The molecule has 0 radical (unpaired) electrons. The molecule has 0 spiro atoms. The van der Waals surface area contributed by atoms with Crippen molar-refractivity contribution in [2.45, 2.75) is 6.42 Å². The summed E-state index contributed by atoms with van der Waals surface area (Å²) < 4.78 is 44.7. The monoisotopic (exact) mass is 435 g/mol. The number of amides is 1. The van der Waals surface area contributed by atoms with Crippen LogP contribution < -0.4 is 15.0 Å². The van der Waals surface area contributed by atoms with Crippen molar-refractivity contribution in [2.24, 2.45) is 0 Å². The van der Waals surface area contributed by atoms with Gasteiger partial charge in [-0.05, 0) is 42.0 Å².